The molecule has 1 amide bonds. The highest BCUT2D eigenvalue weighted by molar-refractivity contribution is 7.13. The van der Waals surface area contributed by atoms with E-state index in [2.05, 4.69) is 15.4 Å². The highest BCUT2D eigenvalue weighted by Gasteiger charge is 2.10. The Balaban J connectivity index is 1.40. The number of nitrogens with one attached hydrogen (secondary N) is 1. The first-order valence-corrected chi connectivity index (χ1v) is 9.45. The summed E-state index contributed by atoms with van der Waals surface area (Å²) in [4.78, 5) is 28.8. The van der Waals surface area contributed by atoms with Gasteiger partial charge in [-0.2, -0.15) is 5.10 Å². The van der Waals surface area contributed by atoms with Gasteiger partial charge in [0.05, 0.1) is 18.5 Å². The van der Waals surface area contributed by atoms with Gasteiger partial charge in [-0.25, -0.2) is 9.67 Å². The van der Waals surface area contributed by atoms with E-state index in [1.807, 2.05) is 35.7 Å². The number of hydrogen-bond acceptors (Lipinski definition) is 6. The van der Waals surface area contributed by atoms with Crippen LogP contribution in [0.2, 0.25) is 0 Å². The molecule has 3 heterocycles. The van der Waals surface area contributed by atoms with Crippen molar-refractivity contribution in [3.8, 4) is 22.0 Å². The Kier molecular flexibility index (Phi) is 5.11. The Bertz CT molecular complexity index is 1130. The molecule has 0 bridgehead atoms. The summed E-state index contributed by atoms with van der Waals surface area (Å²) in [6.07, 6.45) is 1.52. The monoisotopic (exact) mass is 392 g/mol. The maximum atomic E-state index is 12.3. The molecule has 7 nitrogen and oxygen atoms in total. The lowest BCUT2D eigenvalue weighted by Crippen LogP contribution is -2.33. The minimum Gasteiger partial charge on any atom is -0.463 e. The number of carbonyl (C=O) groups is 1. The number of hydrogen-bond donors (Lipinski definition) is 1. The van der Waals surface area contributed by atoms with Crippen LogP contribution in [0.25, 0.3) is 22.0 Å². The van der Waals surface area contributed by atoms with E-state index in [9.17, 15) is 9.59 Å². The van der Waals surface area contributed by atoms with Gasteiger partial charge in [0.1, 0.15) is 17.2 Å². The highest BCUT2D eigenvalue weighted by Crippen LogP contribution is 2.23. The van der Waals surface area contributed by atoms with Gasteiger partial charge in [-0.3, -0.25) is 9.59 Å². The molecule has 0 aliphatic heterocycles. The summed E-state index contributed by atoms with van der Waals surface area (Å²) in [6.45, 7) is 0.109. The van der Waals surface area contributed by atoms with Crippen LogP contribution in [0.5, 0.6) is 0 Å². The van der Waals surface area contributed by atoms with Gasteiger partial charge in [0.15, 0.2) is 5.76 Å². The van der Waals surface area contributed by atoms with E-state index in [-0.39, 0.29) is 24.6 Å². The van der Waals surface area contributed by atoms with Gasteiger partial charge >= 0.3 is 0 Å². The van der Waals surface area contributed by atoms with Gasteiger partial charge in [-0.1, -0.05) is 30.3 Å². The van der Waals surface area contributed by atoms with Gasteiger partial charge in [0.25, 0.3) is 5.56 Å². The van der Waals surface area contributed by atoms with Crippen molar-refractivity contribution in [2.24, 2.45) is 0 Å². The van der Waals surface area contributed by atoms with Gasteiger partial charge in [0, 0.05) is 17.0 Å². The van der Waals surface area contributed by atoms with Crippen molar-refractivity contribution < 1.29 is 9.21 Å². The Morgan fingerprint density at radius 1 is 1.11 bits per heavy atom. The molecule has 0 unspecified atom stereocenters. The van der Waals surface area contributed by atoms with E-state index in [0.717, 1.165) is 20.9 Å². The molecule has 0 saturated carbocycles. The van der Waals surface area contributed by atoms with Crippen LogP contribution in [-0.4, -0.2) is 20.7 Å². The minimum atomic E-state index is -0.356. The molecule has 0 saturated heterocycles. The normalized spacial score (nSPS) is 10.7. The number of amides is 1. The van der Waals surface area contributed by atoms with E-state index in [1.165, 1.54) is 23.7 Å². The van der Waals surface area contributed by atoms with Crippen molar-refractivity contribution in [2.75, 3.05) is 0 Å². The van der Waals surface area contributed by atoms with Gasteiger partial charge < -0.3 is 9.73 Å². The molecule has 0 atom stereocenters. The van der Waals surface area contributed by atoms with Crippen LogP contribution in [0.4, 0.5) is 0 Å². The van der Waals surface area contributed by atoms with Crippen LogP contribution in [-0.2, 0) is 17.9 Å². The third kappa shape index (κ3) is 4.07. The van der Waals surface area contributed by atoms with Gasteiger partial charge in [-0.05, 0) is 18.2 Å². The number of aromatic nitrogens is 3. The molecule has 0 radical (unpaired) electrons. The van der Waals surface area contributed by atoms with Gasteiger partial charge in [0.2, 0.25) is 5.91 Å². The molecular formula is C20H16N4O3S. The van der Waals surface area contributed by atoms with Crippen LogP contribution >= 0.6 is 11.3 Å². The summed E-state index contributed by atoms with van der Waals surface area (Å²) in [7, 11) is 0. The Morgan fingerprint density at radius 3 is 2.75 bits per heavy atom. The first kappa shape index (κ1) is 17.9. The van der Waals surface area contributed by atoms with Crippen LogP contribution in [0.1, 0.15) is 5.69 Å². The molecular weight excluding hydrogens is 376 g/mol. The summed E-state index contributed by atoms with van der Waals surface area (Å²) < 4.78 is 6.39. The third-order valence-corrected chi connectivity index (χ3v) is 4.91. The number of thiazole rings is 1. The molecule has 4 aromatic rings. The smallest absolute Gasteiger partial charge is 0.267 e. The number of rotatable bonds is 6. The summed E-state index contributed by atoms with van der Waals surface area (Å²) >= 11 is 1.52. The fourth-order valence-corrected chi connectivity index (χ4v) is 3.43. The second-order valence-electron chi connectivity index (χ2n) is 5.98. The zero-order chi connectivity index (χ0) is 19.3. The molecule has 28 heavy (non-hydrogen) atoms. The SMILES string of the molecule is O=C(Cn1nc(-c2ccco2)ccc1=O)NCc1csc(-c2ccccc2)n1. The second kappa shape index (κ2) is 8.01. The van der Waals surface area contributed by atoms with Crippen LogP contribution in [0, 0.1) is 0 Å². The number of carbonyl (C=O) groups excluding carboxylic acids is 1. The molecule has 140 valence electrons. The first-order valence-electron chi connectivity index (χ1n) is 8.57. The van der Waals surface area contributed by atoms with E-state index in [4.69, 9.17) is 4.42 Å². The lowest BCUT2D eigenvalue weighted by Gasteiger charge is -2.06. The topological polar surface area (TPSA) is 90.0 Å². The van der Waals surface area contributed by atoms with Crippen LogP contribution in [0.3, 0.4) is 0 Å². The molecule has 0 aliphatic rings. The lowest BCUT2D eigenvalue weighted by atomic mass is 10.2. The molecule has 3 aromatic heterocycles. The zero-order valence-corrected chi connectivity index (χ0v) is 15.6. The largest absolute Gasteiger partial charge is 0.463 e. The van der Waals surface area contributed by atoms with Crippen molar-refractivity contribution in [3.05, 3.63) is 82.3 Å². The predicted molar refractivity (Wildman–Crippen MR) is 106 cm³/mol. The van der Waals surface area contributed by atoms with Crippen molar-refractivity contribution in [3.63, 3.8) is 0 Å². The third-order valence-electron chi connectivity index (χ3n) is 3.97. The van der Waals surface area contributed by atoms with Crippen LogP contribution in [0.15, 0.2) is 75.5 Å². The average Bonchev–Trinajstić information content (AvgIpc) is 3.41. The molecule has 4 rings (SSSR count). The number of benzene rings is 1. The summed E-state index contributed by atoms with van der Waals surface area (Å²) in [5, 5.41) is 9.77. The fraction of sp³-hybridized carbons (Fsp3) is 0.100. The van der Waals surface area contributed by atoms with E-state index in [1.54, 1.807) is 18.2 Å². The summed E-state index contributed by atoms with van der Waals surface area (Å²) in [6, 6.07) is 16.3. The quantitative estimate of drug-likeness (QED) is 0.545. The summed E-state index contributed by atoms with van der Waals surface area (Å²) in [5.41, 5.74) is 1.94. The standard InChI is InChI=1S/C20H16N4O3S/c25-18(12-24-19(26)9-8-16(23-24)17-7-4-10-27-17)21-11-15-13-28-20(22-15)14-5-2-1-3-6-14/h1-10,13H,11-12H2,(H,21,25). The van der Waals surface area contributed by atoms with Crippen molar-refractivity contribution in [1.29, 1.82) is 0 Å². The molecule has 1 N–H and O–H groups in total. The second-order valence-corrected chi connectivity index (χ2v) is 6.84. The fourth-order valence-electron chi connectivity index (χ4n) is 2.60. The molecule has 8 heteroatoms. The summed E-state index contributed by atoms with van der Waals surface area (Å²) in [5.74, 6) is 0.213. The Labute approximate surface area is 164 Å². The average molecular weight is 392 g/mol. The van der Waals surface area contributed by atoms with Gasteiger partial charge in [-0.15, -0.1) is 11.3 Å². The van der Waals surface area contributed by atoms with Crippen molar-refractivity contribution >= 4 is 17.2 Å². The molecule has 0 aliphatic carbocycles. The zero-order valence-electron chi connectivity index (χ0n) is 14.7. The maximum absolute atomic E-state index is 12.3. The van der Waals surface area contributed by atoms with Crippen LogP contribution < -0.4 is 10.9 Å². The highest BCUT2D eigenvalue weighted by atomic mass is 32.1. The minimum absolute atomic E-state index is 0.178. The molecule has 0 fully saturated rings. The van der Waals surface area contributed by atoms with E-state index < -0.39 is 0 Å². The van der Waals surface area contributed by atoms with E-state index >= 15 is 0 Å². The number of furan rings is 1. The molecule has 0 spiro atoms. The lowest BCUT2D eigenvalue weighted by molar-refractivity contribution is -0.122. The van der Waals surface area contributed by atoms with E-state index in [0.29, 0.717) is 11.5 Å². The van der Waals surface area contributed by atoms with Crippen molar-refractivity contribution in [2.45, 2.75) is 13.1 Å². The Hall–Kier alpha value is -3.52. The molecule has 1 aromatic carbocycles. The maximum Gasteiger partial charge on any atom is 0.267 e. The van der Waals surface area contributed by atoms with Crippen molar-refractivity contribution in [1.82, 2.24) is 20.1 Å². The Morgan fingerprint density at radius 2 is 1.96 bits per heavy atom. The first-order chi connectivity index (χ1) is 13.7. The number of nitrogens with zero attached hydrogens (tertiary/aromatic N) is 3. The predicted octanol–water partition coefficient (Wildman–Crippen LogP) is 2.94.